The molecule has 0 unspecified atom stereocenters. The molecular weight excluding hydrogens is 317 g/mol. The summed E-state index contributed by atoms with van der Waals surface area (Å²) in [4.78, 5) is 24.0. The molecule has 132 valence electrons. The number of ether oxygens (including phenoxy) is 1. The quantitative estimate of drug-likeness (QED) is 0.671. The predicted molar refractivity (Wildman–Crippen MR) is 87.5 cm³/mol. The van der Waals surface area contributed by atoms with Crippen LogP contribution in [0.4, 0.5) is 20.6 Å². The lowest BCUT2D eigenvalue weighted by molar-refractivity contribution is -0.384. The molecule has 1 heterocycles. The smallest absolute Gasteiger partial charge is 0.410 e. The van der Waals surface area contributed by atoms with Crippen LogP contribution in [-0.2, 0) is 4.74 Å². The molecule has 0 saturated carbocycles. The molecule has 7 nitrogen and oxygen atoms in total. The second-order valence-electron chi connectivity index (χ2n) is 6.88. The Balaban J connectivity index is 1.91. The number of benzene rings is 1. The molecule has 0 spiro atoms. The zero-order valence-electron chi connectivity index (χ0n) is 14.0. The van der Waals surface area contributed by atoms with Crippen molar-refractivity contribution >= 4 is 17.5 Å². The number of carbonyl (C=O) groups is 1. The fraction of sp³-hybridized carbons (Fsp3) is 0.562. The summed E-state index contributed by atoms with van der Waals surface area (Å²) in [7, 11) is 0. The molecule has 24 heavy (non-hydrogen) atoms. The molecule has 1 atom stereocenters. The van der Waals surface area contributed by atoms with Crippen molar-refractivity contribution in [3.05, 3.63) is 34.1 Å². The summed E-state index contributed by atoms with van der Waals surface area (Å²) in [6.45, 7) is 7.02. The fourth-order valence-electron chi connectivity index (χ4n) is 2.55. The number of amides is 1. The average Bonchev–Trinajstić information content (AvgIpc) is 2.93. The Hall–Kier alpha value is -2.38. The number of halogens is 1. The van der Waals surface area contributed by atoms with E-state index >= 15 is 0 Å². The van der Waals surface area contributed by atoms with Gasteiger partial charge in [0.2, 0.25) is 0 Å². The third-order valence-corrected chi connectivity index (χ3v) is 3.68. The molecule has 1 aromatic carbocycles. The van der Waals surface area contributed by atoms with Crippen molar-refractivity contribution in [2.24, 2.45) is 5.92 Å². The maximum atomic E-state index is 13.1. The van der Waals surface area contributed by atoms with E-state index in [2.05, 4.69) is 5.32 Å². The van der Waals surface area contributed by atoms with Crippen LogP contribution < -0.4 is 5.32 Å². The molecule has 1 aromatic rings. The second kappa shape index (κ2) is 7.02. The third kappa shape index (κ3) is 4.81. The van der Waals surface area contributed by atoms with Gasteiger partial charge in [-0.1, -0.05) is 0 Å². The first kappa shape index (κ1) is 18.0. The number of likely N-dealkylation sites (tertiary alicyclic amines) is 1. The van der Waals surface area contributed by atoms with Crippen molar-refractivity contribution in [1.29, 1.82) is 0 Å². The fourth-order valence-corrected chi connectivity index (χ4v) is 2.55. The van der Waals surface area contributed by atoms with Gasteiger partial charge in [0.1, 0.15) is 17.1 Å². The summed E-state index contributed by atoms with van der Waals surface area (Å²) in [5.74, 6) is -0.494. The Kier molecular flexibility index (Phi) is 5.26. The highest BCUT2D eigenvalue weighted by Gasteiger charge is 2.30. The molecule has 0 radical (unpaired) electrons. The molecule has 1 aliphatic rings. The number of nitro groups is 1. The lowest BCUT2D eigenvalue weighted by Gasteiger charge is -2.24. The van der Waals surface area contributed by atoms with Gasteiger partial charge in [-0.15, -0.1) is 0 Å². The number of nitrogens with zero attached hydrogens (tertiary/aromatic N) is 2. The van der Waals surface area contributed by atoms with E-state index in [0.717, 1.165) is 12.5 Å². The molecule has 0 bridgehead atoms. The first-order chi connectivity index (χ1) is 11.2. The van der Waals surface area contributed by atoms with Gasteiger partial charge in [0.05, 0.1) is 11.0 Å². The zero-order chi connectivity index (χ0) is 17.9. The Morgan fingerprint density at radius 3 is 2.83 bits per heavy atom. The highest BCUT2D eigenvalue weighted by Crippen LogP contribution is 2.26. The normalized spacial score (nSPS) is 17.7. The van der Waals surface area contributed by atoms with Gasteiger partial charge in [-0.3, -0.25) is 10.1 Å². The van der Waals surface area contributed by atoms with Crippen LogP contribution in [0.15, 0.2) is 18.2 Å². The van der Waals surface area contributed by atoms with Crippen LogP contribution in [0.2, 0.25) is 0 Å². The van der Waals surface area contributed by atoms with Crippen LogP contribution in [0.5, 0.6) is 0 Å². The van der Waals surface area contributed by atoms with Gasteiger partial charge in [-0.05, 0) is 45.2 Å². The minimum absolute atomic E-state index is 0.155. The van der Waals surface area contributed by atoms with E-state index in [-0.39, 0.29) is 23.4 Å². The van der Waals surface area contributed by atoms with Crippen molar-refractivity contribution in [3.8, 4) is 0 Å². The first-order valence-electron chi connectivity index (χ1n) is 7.81. The van der Waals surface area contributed by atoms with Crippen LogP contribution in [-0.4, -0.2) is 41.2 Å². The molecule has 1 saturated heterocycles. The molecule has 2 rings (SSSR count). The summed E-state index contributed by atoms with van der Waals surface area (Å²) in [6.07, 6.45) is 0.430. The van der Waals surface area contributed by atoms with E-state index in [1.165, 1.54) is 12.1 Å². The molecule has 8 heteroatoms. The maximum Gasteiger partial charge on any atom is 0.410 e. The Morgan fingerprint density at radius 1 is 1.50 bits per heavy atom. The van der Waals surface area contributed by atoms with E-state index in [0.29, 0.717) is 19.6 Å². The Bertz CT molecular complexity index is 630. The van der Waals surface area contributed by atoms with Crippen LogP contribution in [0.25, 0.3) is 0 Å². The Labute approximate surface area is 139 Å². The summed E-state index contributed by atoms with van der Waals surface area (Å²) in [5.41, 5.74) is -0.559. The topological polar surface area (TPSA) is 84.7 Å². The van der Waals surface area contributed by atoms with Crippen molar-refractivity contribution in [3.63, 3.8) is 0 Å². The lowest BCUT2D eigenvalue weighted by atomic mass is 10.1. The number of nitro benzene ring substituents is 1. The number of anilines is 1. The van der Waals surface area contributed by atoms with Crippen LogP contribution >= 0.6 is 0 Å². The van der Waals surface area contributed by atoms with Gasteiger partial charge in [-0.25, -0.2) is 9.18 Å². The van der Waals surface area contributed by atoms with E-state index in [1.807, 2.05) is 20.8 Å². The van der Waals surface area contributed by atoms with Gasteiger partial charge < -0.3 is 15.0 Å². The van der Waals surface area contributed by atoms with Crippen molar-refractivity contribution in [1.82, 2.24) is 4.90 Å². The first-order valence-corrected chi connectivity index (χ1v) is 7.81. The predicted octanol–water partition coefficient (Wildman–Crippen LogP) is 3.40. The number of carbonyl (C=O) groups excluding carboxylic acids is 1. The van der Waals surface area contributed by atoms with E-state index in [9.17, 15) is 19.3 Å². The van der Waals surface area contributed by atoms with Gasteiger partial charge >= 0.3 is 6.09 Å². The average molecular weight is 339 g/mol. The molecule has 0 aromatic heterocycles. The highest BCUT2D eigenvalue weighted by molar-refractivity contribution is 5.68. The monoisotopic (exact) mass is 339 g/mol. The molecule has 1 N–H and O–H groups in total. The number of hydrogen-bond donors (Lipinski definition) is 1. The molecular formula is C16H22FN3O4. The van der Waals surface area contributed by atoms with Crippen LogP contribution in [0, 0.1) is 21.8 Å². The van der Waals surface area contributed by atoms with Crippen LogP contribution in [0.1, 0.15) is 27.2 Å². The lowest BCUT2D eigenvalue weighted by Crippen LogP contribution is -2.35. The van der Waals surface area contributed by atoms with Crippen molar-refractivity contribution in [2.45, 2.75) is 32.8 Å². The number of hydrogen-bond acceptors (Lipinski definition) is 5. The van der Waals surface area contributed by atoms with E-state index in [4.69, 9.17) is 4.74 Å². The Morgan fingerprint density at radius 2 is 2.21 bits per heavy atom. The second-order valence-corrected chi connectivity index (χ2v) is 6.88. The molecule has 1 aliphatic heterocycles. The van der Waals surface area contributed by atoms with Gasteiger partial charge in [-0.2, -0.15) is 0 Å². The van der Waals surface area contributed by atoms with Crippen molar-refractivity contribution < 1.29 is 18.8 Å². The van der Waals surface area contributed by atoms with E-state index < -0.39 is 16.3 Å². The van der Waals surface area contributed by atoms with Gasteiger partial charge in [0.15, 0.2) is 0 Å². The number of rotatable bonds is 4. The summed E-state index contributed by atoms with van der Waals surface area (Å²) in [6, 6.07) is 3.43. The van der Waals surface area contributed by atoms with Crippen molar-refractivity contribution in [2.75, 3.05) is 25.0 Å². The van der Waals surface area contributed by atoms with E-state index in [1.54, 1.807) is 4.90 Å². The third-order valence-electron chi connectivity index (χ3n) is 3.68. The maximum absolute atomic E-state index is 13.1. The summed E-state index contributed by atoms with van der Waals surface area (Å²) >= 11 is 0. The molecule has 0 aliphatic carbocycles. The zero-order valence-corrected chi connectivity index (χ0v) is 14.0. The SMILES string of the molecule is CC(C)(C)OC(=O)N1CC[C@@H](CNc2ccc(F)cc2[N+](=O)[O-])C1. The molecule has 1 amide bonds. The highest BCUT2D eigenvalue weighted by atomic mass is 19.1. The summed E-state index contributed by atoms with van der Waals surface area (Å²) in [5, 5.41) is 14.0. The minimum Gasteiger partial charge on any atom is -0.444 e. The number of nitrogens with one attached hydrogen (secondary N) is 1. The standard InChI is InChI=1S/C16H22FN3O4/c1-16(2,3)24-15(21)19-7-6-11(10-19)9-18-13-5-4-12(17)8-14(13)20(22)23/h4-5,8,11,18H,6-7,9-10H2,1-3H3/t11-/m0/s1. The molecule has 1 fully saturated rings. The van der Waals surface area contributed by atoms with Crippen LogP contribution in [0.3, 0.4) is 0 Å². The minimum atomic E-state index is -0.649. The van der Waals surface area contributed by atoms with Gasteiger partial charge in [0.25, 0.3) is 5.69 Å². The van der Waals surface area contributed by atoms with Gasteiger partial charge in [0, 0.05) is 19.6 Å². The summed E-state index contributed by atoms with van der Waals surface area (Å²) < 4.78 is 18.5. The largest absolute Gasteiger partial charge is 0.444 e.